The van der Waals surface area contributed by atoms with Crippen molar-refractivity contribution in [3.63, 3.8) is 0 Å². The predicted octanol–water partition coefficient (Wildman–Crippen LogP) is 4.26. The Kier molecular flexibility index (Phi) is 6.27. The number of aromatic nitrogens is 1. The molecule has 1 amide bonds. The summed E-state index contributed by atoms with van der Waals surface area (Å²) in [6, 6.07) is 8.40. The first-order valence-corrected chi connectivity index (χ1v) is 11.3. The molecule has 3 heterocycles. The van der Waals surface area contributed by atoms with Gasteiger partial charge in [0, 0.05) is 36.8 Å². The molecular formula is C22H29N3O2S. The molecule has 2 aliphatic rings. The first-order chi connectivity index (χ1) is 13.7. The summed E-state index contributed by atoms with van der Waals surface area (Å²) in [4.78, 5) is 22.0. The van der Waals surface area contributed by atoms with Gasteiger partial charge in [-0.3, -0.25) is 9.69 Å². The number of benzene rings is 1. The molecule has 0 saturated carbocycles. The molecule has 0 bridgehead atoms. The van der Waals surface area contributed by atoms with Crippen LogP contribution >= 0.6 is 11.3 Å². The summed E-state index contributed by atoms with van der Waals surface area (Å²) in [5.74, 6) is 1.19. The number of fused-ring (bicyclic) bond motifs is 1. The van der Waals surface area contributed by atoms with Gasteiger partial charge < -0.3 is 9.64 Å². The van der Waals surface area contributed by atoms with E-state index in [4.69, 9.17) is 4.74 Å². The van der Waals surface area contributed by atoms with Crippen molar-refractivity contribution in [3.05, 3.63) is 46.4 Å². The fourth-order valence-corrected chi connectivity index (χ4v) is 5.05. The minimum Gasteiger partial charge on any atom is -0.489 e. The van der Waals surface area contributed by atoms with E-state index in [1.165, 1.54) is 5.56 Å². The Morgan fingerprint density at radius 2 is 2.25 bits per heavy atom. The van der Waals surface area contributed by atoms with E-state index in [-0.39, 0.29) is 18.1 Å². The van der Waals surface area contributed by atoms with Crippen molar-refractivity contribution in [2.24, 2.45) is 0 Å². The molecule has 1 saturated heterocycles. The molecular weight excluding hydrogens is 370 g/mol. The van der Waals surface area contributed by atoms with Gasteiger partial charge in [0.1, 0.15) is 16.9 Å². The van der Waals surface area contributed by atoms with Crippen LogP contribution in [0.3, 0.4) is 0 Å². The Morgan fingerprint density at radius 3 is 3.07 bits per heavy atom. The maximum atomic E-state index is 13.2. The third-order valence-electron chi connectivity index (χ3n) is 5.67. The molecule has 1 aromatic heterocycles. The van der Waals surface area contributed by atoms with E-state index >= 15 is 0 Å². The van der Waals surface area contributed by atoms with Crippen LogP contribution in [0, 0.1) is 0 Å². The number of carbonyl (C=O) groups is 1. The van der Waals surface area contributed by atoms with Gasteiger partial charge in [-0.1, -0.05) is 31.5 Å². The minimum atomic E-state index is 0.143. The van der Waals surface area contributed by atoms with Crippen LogP contribution in [0.15, 0.2) is 35.8 Å². The van der Waals surface area contributed by atoms with E-state index in [0.717, 1.165) is 62.5 Å². The van der Waals surface area contributed by atoms with Gasteiger partial charge in [0.15, 0.2) is 0 Å². The van der Waals surface area contributed by atoms with Crippen molar-refractivity contribution in [3.8, 4) is 5.75 Å². The van der Waals surface area contributed by atoms with Gasteiger partial charge in [0.05, 0.1) is 12.6 Å². The fraction of sp³-hybridized carbons (Fsp3) is 0.545. The standard InChI is InChI=1S/C22H29N3O2S/c1-2-3-8-18-15-24(14-17-7-4-5-10-20(17)27-18)16-21(26)25-12-6-9-19(25)22-23-11-13-28-22/h4-5,7,10-11,13,18-19H,2-3,6,8-9,12,14-16H2,1H3. The molecule has 4 rings (SSSR count). The quantitative estimate of drug-likeness (QED) is 0.728. The smallest absolute Gasteiger partial charge is 0.237 e. The highest BCUT2D eigenvalue weighted by Gasteiger charge is 2.33. The Labute approximate surface area is 171 Å². The molecule has 2 unspecified atom stereocenters. The lowest BCUT2D eigenvalue weighted by Gasteiger charge is -2.28. The van der Waals surface area contributed by atoms with Crippen molar-refractivity contribution in [1.82, 2.24) is 14.8 Å². The van der Waals surface area contributed by atoms with Crippen molar-refractivity contribution in [2.45, 2.75) is 57.7 Å². The number of rotatable bonds is 6. The second kappa shape index (κ2) is 9.05. The molecule has 0 radical (unpaired) electrons. The highest BCUT2D eigenvalue weighted by molar-refractivity contribution is 7.09. The number of unbranched alkanes of at least 4 members (excludes halogenated alkanes) is 1. The Hall–Kier alpha value is -1.92. The lowest BCUT2D eigenvalue weighted by atomic mass is 10.1. The lowest BCUT2D eigenvalue weighted by Crippen LogP contribution is -2.42. The van der Waals surface area contributed by atoms with Crippen molar-refractivity contribution >= 4 is 17.2 Å². The largest absolute Gasteiger partial charge is 0.489 e. The number of hydrogen-bond donors (Lipinski definition) is 0. The van der Waals surface area contributed by atoms with Crippen LogP contribution in [0.4, 0.5) is 0 Å². The minimum absolute atomic E-state index is 0.143. The third-order valence-corrected chi connectivity index (χ3v) is 6.55. The molecule has 2 aromatic rings. The molecule has 2 aliphatic heterocycles. The molecule has 0 spiro atoms. The third kappa shape index (κ3) is 4.39. The van der Waals surface area contributed by atoms with Gasteiger partial charge >= 0.3 is 0 Å². The van der Waals surface area contributed by atoms with Gasteiger partial charge in [-0.15, -0.1) is 11.3 Å². The summed E-state index contributed by atoms with van der Waals surface area (Å²) >= 11 is 1.65. The first-order valence-electron chi connectivity index (χ1n) is 10.4. The van der Waals surface area contributed by atoms with Crippen molar-refractivity contribution in [1.29, 1.82) is 0 Å². The van der Waals surface area contributed by atoms with Crippen LogP contribution in [-0.2, 0) is 11.3 Å². The normalized spacial score (nSPS) is 22.5. The summed E-state index contributed by atoms with van der Waals surface area (Å²) < 4.78 is 6.30. The monoisotopic (exact) mass is 399 g/mol. The van der Waals surface area contributed by atoms with Gasteiger partial charge in [-0.05, 0) is 31.7 Å². The molecule has 0 aliphatic carbocycles. The van der Waals surface area contributed by atoms with E-state index in [1.54, 1.807) is 11.3 Å². The van der Waals surface area contributed by atoms with Gasteiger partial charge in [0.2, 0.25) is 5.91 Å². The average molecular weight is 400 g/mol. The number of carbonyl (C=O) groups excluding carboxylic acids is 1. The highest BCUT2D eigenvalue weighted by atomic mass is 32.1. The fourth-order valence-electron chi connectivity index (χ4n) is 4.27. The Morgan fingerprint density at radius 1 is 1.36 bits per heavy atom. The molecule has 2 atom stereocenters. The number of para-hydroxylation sites is 1. The zero-order valence-electron chi connectivity index (χ0n) is 16.5. The number of hydrogen-bond acceptors (Lipinski definition) is 5. The zero-order valence-corrected chi connectivity index (χ0v) is 17.4. The summed E-state index contributed by atoms with van der Waals surface area (Å²) in [6.45, 7) is 5.06. The van der Waals surface area contributed by atoms with Crippen LogP contribution in [0.25, 0.3) is 0 Å². The number of likely N-dealkylation sites (tertiary alicyclic amines) is 1. The SMILES string of the molecule is CCCCC1CN(CC(=O)N2CCCC2c2nccs2)Cc2ccccc2O1. The van der Waals surface area contributed by atoms with E-state index in [9.17, 15) is 4.79 Å². The molecule has 150 valence electrons. The molecule has 0 N–H and O–H groups in total. The van der Waals surface area contributed by atoms with Crippen molar-refractivity contribution in [2.75, 3.05) is 19.6 Å². The predicted molar refractivity (Wildman–Crippen MR) is 111 cm³/mol. The highest BCUT2D eigenvalue weighted by Crippen LogP contribution is 2.33. The van der Waals surface area contributed by atoms with E-state index in [0.29, 0.717) is 6.54 Å². The first kappa shape index (κ1) is 19.4. The zero-order chi connectivity index (χ0) is 19.3. The molecule has 1 fully saturated rings. The molecule has 28 heavy (non-hydrogen) atoms. The summed E-state index contributed by atoms with van der Waals surface area (Å²) in [6.07, 6.45) is 7.38. The summed E-state index contributed by atoms with van der Waals surface area (Å²) in [5.41, 5.74) is 1.17. The number of amides is 1. The van der Waals surface area contributed by atoms with E-state index in [2.05, 4.69) is 28.9 Å². The van der Waals surface area contributed by atoms with Gasteiger partial charge in [-0.2, -0.15) is 0 Å². The van der Waals surface area contributed by atoms with E-state index in [1.807, 2.05) is 28.6 Å². The Balaban J connectivity index is 1.47. The number of nitrogens with zero attached hydrogens (tertiary/aromatic N) is 3. The second-order valence-electron chi connectivity index (χ2n) is 7.77. The summed E-state index contributed by atoms with van der Waals surface area (Å²) in [7, 11) is 0. The van der Waals surface area contributed by atoms with Crippen LogP contribution in [0.5, 0.6) is 5.75 Å². The van der Waals surface area contributed by atoms with Crippen LogP contribution < -0.4 is 4.74 Å². The van der Waals surface area contributed by atoms with E-state index < -0.39 is 0 Å². The van der Waals surface area contributed by atoms with Gasteiger partial charge in [0.25, 0.3) is 0 Å². The topological polar surface area (TPSA) is 45.7 Å². The molecule has 1 aromatic carbocycles. The maximum Gasteiger partial charge on any atom is 0.237 e. The lowest BCUT2D eigenvalue weighted by molar-refractivity contribution is -0.133. The van der Waals surface area contributed by atoms with Crippen LogP contribution in [-0.4, -0.2) is 46.4 Å². The molecule has 5 nitrogen and oxygen atoms in total. The van der Waals surface area contributed by atoms with Gasteiger partial charge in [-0.25, -0.2) is 4.98 Å². The maximum absolute atomic E-state index is 13.2. The Bertz CT molecular complexity index is 780. The summed E-state index contributed by atoms with van der Waals surface area (Å²) in [5, 5.41) is 3.06. The van der Waals surface area contributed by atoms with Crippen LogP contribution in [0.1, 0.15) is 55.6 Å². The van der Waals surface area contributed by atoms with Crippen LogP contribution in [0.2, 0.25) is 0 Å². The number of ether oxygens (including phenoxy) is 1. The average Bonchev–Trinajstić information content (AvgIpc) is 3.35. The van der Waals surface area contributed by atoms with Crippen molar-refractivity contribution < 1.29 is 9.53 Å². The second-order valence-corrected chi connectivity index (χ2v) is 8.70. The molecule has 6 heteroatoms. The number of thiazole rings is 1.